The largest absolute Gasteiger partial charge is 0.382 e. The zero-order valence-corrected chi connectivity index (χ0v) is 14.6. The van der Waals surface area contributed by atoms with Crippen molar-refractivity contribution in [2.75, 3.05) is 0 Å². The van der Waals surface area contributed by atoms with Crippen molar-refractivity contribution in [3.05, 3.63) is 101 Å². The molecule has 0 saturated heterocycles. The van der Waals surface area contributed by atoms with E-state index in [4.69, 9.17) is 11.6 Å². The molecule has 4 rings (SSSR count). The van der Waals surface area contributed by atoms with Gasteiger partial charge in [-0.05, 0) is 23.3 Å². The number of hydrogen-bond donors (Lipinski definition) is 4. The van der Waals surface area contributed by atoms with Gasteiger partial charge in [-0.15, -0.1) is 0 Å². The summed E-state index contributed by atoms with van der Waals surface area (Å²) in [5.74, 6) is 5.58. The molecule has 1 unspecified atom stereocenters. The Kier molecular flexibility index (Phi) is 4.45. The van der Waals surface area contributed by atoms with Crippen LogP contribution in [0.15, 0.2) is 84.2 Å². The number of pyridine rings is 1. The molecule has 0 aliphatic carbocycles. The Labute approximate surface area is 157 Å². The number of benzene rings is 2. The molecule has 1 aliphatic rings. The van der Waals surface area contributed by atoms with Crippen LogP contribution in [0.2, 0.25) is 0 Å². The SMILES string of the molecule is N/N=C(\N)c1ccc(C2=C(c3ccncc3)NC(c3ccccc3)N2)cc1. The fourth-order valence-corrected chi connectivity index (χ4v) is 3.14. The van der Waals surface area contributed by atoms with Gasteiger partial charge in [-0.3, -0.25) is 4.98 Å². The third-order valence-corrected chi connectivity index (χ3v) is 4.54. The van der Waals surface area contributed by atoms with Crippen molar-refractivity contribution in [1.82, 2.24) is 15.6 Å². The van der Waals surface area contributed by atoms with Crippen LogP contribution in [0.1, 0.15) is 28.4 Å². The van der Waals surface area contributed by atoms with E-state index in [1.807, 2.05) is 54.6 Å². The van der Waals surface area contributed by atoms with Gasteiger partial charge in [0.05, 0.1) is 11.4 Å². The topological polar surface area (TPSA) is 101 Å². The van der Waals surface area contributed by atoms with Crippen molar-refractivity contribution in [1.29, 1.82) is 0 Å². The molecular formula is C21H20N6. The quantitative estimate of drug-likeness (QED) is 0.249. The lowest BCUT2D eigenvalue weighted by Crippen LogP contribution is -2.23. The molecule has 134 valence electrons. The maximum absolute atomic E-state index is 5.79. The Balaban J connectivity index is 1.73. The highest BCUT2D eigenvalue weighted by Gasteiger charge is 2.25. The average Bonchev–Trinajstić information content (AvgIpc) is 3.20. The lowest BCUT2D eigenvalue weighted by molar-refractivity contribution is 0.620. The van der Waals surface area contributed by atoms with Crippen molar-refractivity contribution in [2.45, 2.75) is 6.17 Å². The predicted molar refractivity (Wildman–Crippen MR) is 108 cm³/mol. The van der Waals surface area contributed by atoms with Crippen LogP contribution in [-0.2, 0) is 0 Å². The predicted octanol–water partition coefficient (Wildman–Crippen LogP) is 2.38. The van der Waals surface area contributed by atoms with Crippen molar-refractivity contribution in [3.8, 4) is 0 Å². The molecule has 2 aromatic carbocycles. The number of nitrogens with zero attached hydrogens (tertiary/aromatic N) is 2. The van der Waals surface area contributed by atoms with Gasteiger partial charge >= 0.3 is 0 Å². The summed E-state index contributed by atoms with van der Waals surface area (Å²) >= 11 is 0. The summed E-state index contributed by atoms with van der Waals surface area (Å²) in [6, 6.07) is 22.1. The first-order valence-electron chi connectivity index (χ1n) is 8.63. The second-order valence-corrected chi connectivity index (χ2v) is 6.21. The number of rotatable bonds is 4. The van der Waals surface area contributed by atoms with Crippen molar-refractivity contribution < 1.29 is 0 Å². The van der Waals surface area contributed by atoms with E-state index in [0.717, 1.165) is 33.6 Å². The van der Waals surface area contributed by atoms with E-state index >= 15 is 0 Å². The van der Waals surface area contributed by atoms with Crippen LogP contribution in [0.25, 0.3) is 11.4 Å². The molecule has 0 spiro atoms. The maximum atomic E-state index is 5.79. The molecule has 1 atom stereocenters. The van der Waals surface area contributed by atoms with Gasteiger partial charge in [0.15, 0.2) is 0 Å². The Morgan fingerprint density at radius 2 is 1.41 bits per heavy atom. The maximum Gasteiger partial charge on any atom is 0.150 e. The molecule has 0 fully saturated rings. The van der Waals surface area contributed by atoms with E-state index in [9.17, 15) is 0 Å². The van der Waals surface area contributed by atoms with E-state index in [2.05, 4.69) is 32.9 Å². The van der Waals surface area contributed by atoms with Crippen molar-refractivity contribution >= 4 is 17.2 Å². The number of hydrazone groups is 1. The van der Waals surface area contributed by atoms with Gasteiger partial charge in [0.2, 0.25) is 0 Å². The average molecular weight is 356 g/mol. The van der Waals surface area contributed by atoms with Gasteiger partial charge in [-0.1, -0.05) is 54.6 Å². The molecule has 27 heavy (non-hydrogen) atoms. The summed E-state index contributed by atoms with van der Waals surface area (Å²) in [5, 5.41) is 10.7. The first kappa shape index (κ1) is 16.7. The highest BCUT2D eigenvalue weighted by atomic mass is 15.2. The smallest absolute Gasteiger partial charge is 0.150 e. The normalized spacial score (nSPS) is 16.7. The summed E-state index contributed by atoms with van der Waals surface area (Å²) < 4.78 is 0. The molecule has 6 nitrogen and oxygen atoms in total. The van der Waals surface area contributed by atoms with E-state index in [0.29, 0.717) is 5.84 Å². The van der Waals surface area contributed by atoms with Crippen molar-refractivity contribution in [2.24, 2.45) is 16.7 Å². The molecular weight excluding hydrogens is 336 g/mol. The van der Waals surface area contributed by atoms with Crippen LogP contribution >= 0.6 is 0 Å². The highest BCUT2D eigenvalue weighted by Crippen LogP contribution is 2.32. The van der Waals surface area contributed by atoms with Crippen LogP contribution in [0, 0.1) is 0 Å². The summed E-state index contributed by atoms with van der Waals surface area (Å²) in [5.41, 5.74) is 11.9. The van der Waals surface area contributed by atoms with E-state index < -0.39 is 0 Å². The monoisotopic (exact) mass is 356 g/mol. The minimum Gasteiger partial charge on any atom is -0.382 e. The fourth-order valence-electron chi connectivity index (χ4n) is 3.14. The van der Waals surface area contributed by atoms with E-state index in [1.54, 1.807) is 12.4 Å². The van der Waals surface area contributed by atoms with Gasteiger partial charge in [0.25, 0.3) is 0 Å². The summed E-state index contributed by atoms with van der Waals surface area (Å²) in [6.07, 6.45) is 3.57. The van der Waals surface area contributed by atoms with Crippen LogP contribution < -0.4 is 22.2 Å². The Bertz CT molecular complexity index is 978. The van der Waals surface area contributed by atoms with Crippen LogP contribution in [-0.4, -0.2) is 10.8 Å². The molecule has 6 heteroatoms. The molecule has 1 aromatic heterocycles. The molecule has 3 aromatic rings. The fraction of sp³-hybridized carbons (Fsp3) is 0.0476. The van der Waals surface area contributed by atoms with Crippen LogP contribution in [0.4, 0.5) is 0 Å². The Morgan fingerprint density at radius 3 is 2.00 bits per heavy atom. The van der Waals surface area contributed by atoms with Crippen LogP contribution in [0.5, 0.6) is 0 Å². The van der Waals surface area contributed by atoms with Gasteiger partial charge < -0.3 is 22.2 Å². The molecule has 6 N–H and O–H groups in total. The van der Waals surface area contributed by atoms with E-state index in [-0.39, 0.29) is 6.17 Å². The second kappa shape index (κ2) is 7.21. The molecule has 0 amide bonds. The molecule has 1 aliphatic heterocycles. The number of nitrogens with two attached hydrogens (primary N) is 2. The third kappa shape index (κ3) is 3.32. The van der Waals surface area contributed by atoms with Gasteiger partial charge in [0, 0.05) is 23.5 Å². The van der Waals surface area contributed by atoms with Crippen LogP contribution in [0.3, 0.4) is 0 Å². The van der Waals surface area contributed by atoms with Gasteiger partial charge in [-0.2, -0.15) is 5.10 Å². The van der Waals surface area contributed by atoms with E-state index in [1.165, 1.54) is 0 Å². The molecule has 0 saturated carbocycles. The summed E-state index contributed by atoms with van der Waals surface area (Å²) in [7, 11) is 0. The summed E-state index contributed by atoms with van der Waals surface area (Å²) in [4.78, 5) is 4.12. The Hall–Kier alpha value is -3.80. The lowest BCUT2D eigenvalue weighted by Gasteiger charge is -2.14. The summed E-state index contributed by atoms with van der Waals surface area (Å²) in [6.45, 7) is 0. The minimum atomic E-state index is -0.0142. The molecule has 0 radical (unpaired) electrons. The molecule has 2 heterocycles. The standard InChI is InChI=1S/C21H20N6/c22-20(27-23)16-8-6-14(7-9-16)18-19(15-10-12-24-13-11-15)26-21(25-18)17-4-2-1-3-5-17/h1-13,21,25-26H,23H2,(H2,22,27). The van der Waals surface area contributed by atoms with Gasteiger partial charge in [-0.25, -0.2) is 0 Å². The zero-order valence-electron chi connectivity index (χ0n) is 14.6. The third-order valence-electron chi connectivity index (χ3n) is 4.54. The zero-order chi connectivity index (χ0) is 18.6. The second-order valence-electron chi connectivity index (χ2n) is 6.21. The van der Waals surface area contributed by atoms with Gasteiger partial charge in [0.1, 0.15) is 12.0 Å². The first-order chi connectivity index (χ1) is 13.3. The first-order valence-corrected chi connectivity index (χ1v) is 8.63. The molecule has 0 bridgehead atoms. The number of aromatic nitrogens is 1. The minimum absolute atomic E-state index is 0.0142. The number of nitrogens with one attached hydrogen (secondary N) is 2. The highest BCUT2D eigenvalue weighted by molar-refractivity contribution is 5.98. The van der Waals surface area contributed by atoms with Crippen molar-refractivity contribution in [3.63, 3.8) is 0 Å². The lowest BCUT2D eigenvalue weighted by atomic mass is 10.0. The Morgan fingerprint density at radius 1 is 0.815 bits per heavy atom. The number of amidine groups is 1. The number of hydrogen-bond acceptors (Lipinski definition) is 5.